The van der Waals surface area contributed by atoms with Crippen LogP contribution in [0.15, 0.2) is 48.5 Å². The molecule has 3 rings (SSSR count). The number of ether oxygens (including phenoxy) is 1. The second-order valence-corrected chi connectivity index (χ2v) is 6.18. The normalized spacial score (nSPS) is 14.3. The summed E-state index contributed by atoms with van der Waals surface area (Å²) in [5.74, 6) is 0.0253. The number of nitrogens with zero attached hydrogens (tertiary/aromatic N) is 3. The summed E-state index contributed by atoms with van der Waals surface area (Å²) in [6.45, 7) is 3.17. The van der Waals surface area contributed by atoms with Gasteiger partial charge in [0.05, 0.1) is 11.5 Å². The fourth-order valence-electron chi connectivity index (χ4n) is 3.05. The summed E-state index contributed by atoms with van der Waals surface area (Å²) >= 11 is 0. The van der Waals surface area contributed by atoms with Crippen LogP contribution in [0.25, 0.3) is 0 Å². The molecule has 7 nitrogen and oxygen atoms in total. The highest BCUT2D eigenvalue weighted by atomic mass is 16.6. The van der Waals surface area contributed by atoms with E-state index in [1.54, 1.807) is 19.2 Å². The first-order valence-electron chi connectivity index (χ1n) is 8.45. The topological polar surface area (TPSA) is 75.9 Å². The molecule has 0 aliphatic carbocycles. The van der Waals surface area contributed by atoms with Gasteiger partial charge in [-0.1, -0.05) is 12.1 Å². The third kappa shape index (κ3) is 4.00. The number of rotatable bonds is 5. The Morgan fingerprint density at radius 2 is 1.65 bits per heavy atom. The third-order valence-corrected chi connectivity index (χ3v) is 4.50. The molecule has 0 saturated carbocycles. The van der Waals surface area contributed by atoms with E-state index in [1.165, 1.54) is 12.1 Å². The average Bonchev–Trinajstić information content (AvgIpc) is 2.68. The van der Waals surface area contributed by atoms with Crippen LogP contribution in [0.3, 0.4) is 0 Å². The zero-order chi connectivity index (χ0) is 18.5. The summed E-state index contributed by atoms with van der Waals surface area (Å²) in [5.41, 5.74) is 2.73. The number of anilines is 1. The molecular weight excluding hydrogens is 334 g/mol. The number of carbonyl (C=O) groups excluding carboxylic acids is 1. The highest BCUT2D eigenvalue weighted by Crippen LogP contribution is 2.21. The van der Waals surface area contributed by atoms with Gasteiger partial charge in [0, 0.05) is 56.7 Å². The van der Waals surface area contributed by atoms with Gasteiger partial charge in [-0.25, -0.2) is 0 Å². The maximum absolute atomic E-state index is 12.6. The molecule has 0 spiro atoms. The number of piperazine rings is 1. The van der Waals surface area contributed by atoms with Crippen LogP contribution in [-0.2, 0) is 11.3 Å². The minimum absolute atomic E-state index is 0.0253. The minimum atomic E-state index is -0.404. The van der Waals surface area contributed by atoms with Gasteiger partial charge < -0.3 is 14.5 Å². The number of amides is 1. The number of methoxy groups -OCH3 is 1. The van der Waals surface area contributed by atoms with E-state index in [2.05, 4.69) is 4.90 Å². The summed E-state index contributed by atoms with van der Waals surface area (Å²) in [6, 6.07) is 14.0. The summed E-state index contributed by atoms with van der Waals surface area (Å²) in [4.78, 5) is 26.9. The maximum atomic E-state index is 12.6. The summed E-state index contributed by atoms with van der Waals surface area (Å²) < 4.78 is 5.08. The van der Waals surface area contributed by atoms with Gasteiger partial charge in [0.25, 0.3) is 11.6 Å². The SMILES string of the molecule is COCc1ccc(C(=O)N2CCN(c3ccc([N+](=O)[O-])cc3)CC2)cc1. The van der Waals surface area contributed by atoms with Gasteiger partial charge in [-0.2, -0.15) is 0 Å². The smallest absolute Gasteiger partial charge is 0.269 e. The van der Waals surface area contributed by atoms with Crippen molar-refractivity contribution in [3.63, 3.8) is 0 Å². The lowest BCUT2D eigenvalue weighted by molar-refractivity contribution is -0.384. The molecule has 0 atom stereocenters. The zero-order valence-corrected chi connectivity index (χ0v) is 14.6. The standard InChI is InChI=1S/C19H21N3O4/c1-26-14-15-2-4-16(5-3-15)19(23)21-12-10-20(11-13-21)17-6-8-18(9-7-17)22(24)25/h2-9H,10-14H2,1H3. The molecule has 0 N–H and O–H groups in total. The van der Waals surface area contributed by atoms with Gasteiger partial charge in [-0.3, -0.25) is 14.9 Å². The molecule has 1 aliphatic heterocycles. The van der Waals surface area contributed by atoms with Crippen molar-refractivity contribution in [2.75, 3.05) is 38.2 Å². The molecule has 2 aromatic rings. The molecule has 1 amide bonds. The second-order valence-electron chi connectivity index (χ2n) is 6.18. The first-order valence-corrected chi connectivity index (χ1v) is 8.45. The van der Waals surface area contributed by atoms with Gasteiger partial charge in [-0.05, 0) is 29.8 Å². The highest BCUT2D eigenvalue weighted by Gasteiger charge is 2.22. The number of hydrogen-bond acceptors (Lipinski definition) is 5. The lowest BCUT2D eigenvalue weighted by Gasteiger charge is -2.36. The molecule has 1 fully saturated rings. The number of benzene rings is 2. The van der Waals surface area contributed by atoms with Gasteiger partial charge in [0.15, 0.2) is 0 Å². The number of nitro benzene ring substituents is 1. The Morgan fingerprint density at radius 3 is 2.19 bits per heavy atom. The van der Waals surface area contributed by atoms with Gasteiger partial charge in [-0.15, -0.1) is 0 Å². The van der Waals surface area contributed by atoms with Crippen molar-refractivity contribution in [1.82, 2.24) is 4.90 Å². The molecule has 0 radical (unpaired) electrons. The highest BCUT2D eigenvalue weighted by molar-refractivity contribution is 5.94. The number of non-ortho nitro benzene ring substituents is 1. The quantitative estimate of drug-likeness (QED) is 0.609. The largest absolute Gasteiger partial charge is 0.380 e. The van der Waals surface area contributed by atoms with Crippen LogP contribution in [0.5, 0.6) is 0 Å². The van der Waals surface area contributed by atoms with Crippen molar-refractivity contribution in [3.05, 3.63) is 69.8 Å². The second kappa shape index (κ2) is 7.97. The van der Waals surface area contributed by atoms with Crippen molar-refractivity contribution in [1.29, 1.82) is 0 Å². The monoisotopic (exact) mass is 355 g/mol. The molecule has 0 aromatic heterocycles. The first kappa shape index (κ1) is 17.9. The molecule has 0 unspecified atom stereocenters. The Kier molecular flexibility index (Phi) is 5.48. The predicted molar refractivity (Wildman–Crippen MR) is 98.4 cm³/mol. The maximum Gasteiger partial charge on any atom is 0.269 e. The summed E-state index contributed by atoms with van der Waals surface area (Å²) in [5, 5.41) is 10.7. The predicted octanol–water partition coefficient (Wildman–Crippen LogP) is 2.70. The van der Waals surface area contributed by atoms with Crippen LogP contribution in [0.4, 0.5) is 11.4 Å². The molecule has 136 valence electrons. The van der Waals surface area contributed by atoms with E-state index in [9.17, 15) is 14.9 Å². The zero-order valence-electron chi connectivity index (χ0n) is 14.6. The van der Waals surface area contributed by atoms with Crippen LogP contribution in [0, 0.1) is 10.1 Å². The van der Waals surface area contributed by atoms with Crippen LogP contribution in [-0.4, -0.2) is 49.0 Å². The Hall–Kier alpha value is -2.93. The van der Waals surface area contributed by atoms with E-state index in [4.69, 9.17) is 4.74 Å². The van der Waals surface area contributed by atoms with E-state index < -0.39 is 4.92 Å². The van der Waals surface area contributed by atoms with E-state index in [0.717, 1.165) is 11.3 Å². The molecule has 1 heterocycles. The van der Waals surface area contributed by atoms with Gasteiger partial charge in [0.1, 0.15) is 0 Å². The molecule has 26 heavy (non-hydrogen) atoms. The first-order chi connectivity index (χ1) is 12.6. The van der Waals surface area contributed by atoms with E-state index in [-0.39, 0.29) is 11.6 Å². The van der Waals surface area contributed by atoms with Crippen LogP contribution >= 0.6 is 0 Å². The van der Waals surface area contributed by atoms with Crippen molar-refractivity contribution in [2.45, 2.75) is 6.61 Å². The number of hydrogen-bond donors (Lipinski definition) is 0. The Bertz CT molecular complexity index is 766. The van der Waals surface area contributed by atoms with E-state index in [0.29, 0.717) is 38.3 Å². The van der Waals surface area contributed by atoms with Crippen molar-refractivity contribution >= 4 is 17.3 Å². The number of nitro groups is 1. The Balaban J connectivity index is 1.59. The van der Waals surface area contributed by atoms with Crippen LogP contribution in [0.2, 0.25) is 0 Å². The van der Waals surface area contributed by atoms with E-state index in [1.807, 2.05) is 29.2 Å². The molecule has 2 aromatic carbocycles. The third-order valence-electron chi connectivity index (χ3n) is 4.50. The Morgan fingerprint density at radius 1 is 1.04 bits per heavy atom. The molecule has 0 bridgehead atoms. The van der Waals surface area contributed by atoms with Crippen LogP contribution in [0.1, 0.15) is 15.9 Å². The number of carbonyl (C=O) groups is 1. The summed E-state index contributed by atoms with van der Waals surface area (Å²) in [6.07, 6.45) is 0. The van der Waals surface area contributed by atoms with Crippen molar-refractivity contribution in [2.24, 2.45) is 0 Å². The van der Waals surface area contributed by atoms with Crippen molar-refractivity contribution < 1.29 is 14.5 Å². The van der Waals surface area contributed by atoms with Crippen LogP contribution < -0.4 is 4.90 Å². The molecule has 1 saturated heterocycles. The van der Waals surface area contributed by atoms with Gasteiger partial charge >= 0.3 is 0 Å². The van der Waals surface area contributed by atoms with Crippen molar-refractivity contribution in [3.8, 4) is 0 Å². The average molecular weight is 355 g/mol. The van der Waals surface area contributed by atoms with E-state index >= 15 is 0 Å². The van der Waals surface area contributed by atoms with Gasteiger partial charge in [0.2, 0.25) is 0 Å². The molecule has 1 aliphatic rings. The fraction of sp³-hybridized carbons (Fsp3) is 0.316. The molecule has 7 heteroatoms. The lowest BCUT2D eigenvalue weighted by Crippen LogP contribution is -2.48. The lowest BCUT2D eigenvalue weighted by atomic mass is 10.1. The Labute approximate surface area is 151 Å². The minimum Gasteiger partial charge on any atom is -0.380 e. The fourth-order valence-corrected chi connectivity index (χ4v) is 3.05. The summed E-state index contributed by atoms with van der Waals surface area (Å²) in [7, 11) is 1.64. The molecular formula is C19H21N3O4.